The second kappa shape index (κ2) is 6.33. The number of rotatable bonds is 5. The van der Waals surface area contributed by atoms with E-state index in [4.69, 9.17) is 4.74 Å². The molecule has 0 amide bonds. The van der Waals surface area contributed by atoms with Crippen LogP contribution in [0.3, 0.4) is 0 Å². The first-order valence-corrected chi connectivity index (χ1v) is 6.92. The number of aromatic nitrogens is 1. The molecule has 1 fully saturated rings. The van der Waals surface area contributed by atoms with Crippen molar-refractivity contribution in [2.75, 3.05) is 19.8 Å². The minimum Gasteiger partial charge on any atom is -0.381 e. The van der Waals surface area contributed by atoms with Gasteiger partial charge in [0.15, 0.2) is 0 Å². The Morgan fingerprint density at radius 3 is 3.25 bits per heavy atom. The van der Waals surface area contributed by atoms with Gasteiger partial charge in [-0.25, -0.2) is 4.98 Å². The van der Waals surface area contributed by atoms with E-state index in [2.05, 4.69) is 17.2 Å². The van der Waals surface area contributed by atoms with Gasteiger partial charge in [0, 0.05) is 30.8 Å². The Morgan fingerprint density at radius 2 is 2.56 bits per heavy atom. The third-order valence-corrected chi connectivity index (χ3v) is 4.06. The first-order chi connectivity index (χ1) is 7.88. The Labute approximate surface area is 101 Å². The number of thiazole rings is 1. The summed E-state index contributed by atoms with van der Waals surface area (Å²) in [6, 6.07) is 0. The van der Waals surface area contributed by atoms with Crippen molar-refractivity contribution in [3.8, 4) is 0 Å². The molecule has 0 saturated carbocycles. The molecule has 2 rings (SSSR count). The maximum absolute atomic E-state index is 5.45. The number of aryl methyl sites for hydroxylation is 1. The molecule has 1 aliphatic rings. The summed E-state index contributed by atoms with van der Waals surface area (Å²) in [5.41, 5.74) is 0. The Balaban J connectivity index is 1.66. The lowest BCUT2D eigenvalue weighted by molar-refractivity contribution is 0.0547. The number of hydrogen-bond donors (Lipinski definition) is 1. The number of nitrogens with one attached hydrogen (secondary N) is 1. The lowest BCUT2D eigenvalue weighted by atomic mass is 10.0. The van der Waals surface area contributed by atoms with Crippen molar-refractivity contribution in [1.29, 1.82) is 0 Å². The molecule has 1 saturated heterocycles. The number of ether oxygens (including phenoxy) is 1. The SMILES string of the molecule is CCc1cnc(CNCC2CCCOC2)s1. The van der Waals surface area contributed by atoms with Crippen molar-refractivity contribution in [1.82, 2.24) is 10.3 Å². The van der Waals surface area contributed by atoms with Crippen LogP contribution in [0.2, 0.25) is 0 Å². The summed E-state index contributed by atoms with van der Waals surface area (Å²) in [5.74, 6) is 0.694. The van der Waals surface area contributed by atoms with E-state index < -0.39 is 0 Å². The van der Waals surface area contributed by atoms with Crippen LogP contribution < -0.4 is 5.32 Å². The van der Waals surface area contributed by atoms with Gasteiger partial charge in [-0.2, -0.15) is 0 Å². The van der Waals surface area contributed by atoms with Gasteiger partial charge in [-0.3, -0.25) is 0 Å². The summed E-state index contributed by atoms with van der Waals surface area (Å²) in [6.45, 7) is 6.00. The minimum atomic E-state index is 0.694. The first kappa shape index (κ1) is 12.0. The van der Waals surface area contributed by atoms with Gasteiger partial charge in [-0.15, -0.1) is 11.3 Å². The third-order valence-electron chi connectivity index (χ3n) is 2.91. The topological polar surface area (TPSA) is 34.2 Å². The molecule has 1 aliphatic heterocycles. The van der Waals surface area contributed by atoms with Crippen LogP contribution in [0, 0.1) is 5.92 Å². The molecular weight excluding hydrogens is 220 g/mol. The van der Waals surface area contributed by atoms with Crippen molar-refractivity contribution >= 4 is 11.3 Å². The van der Waals surface area contributed by atoms with E-state index >= 15 is 0 Å². The molecule has 90 valence electrons. The molecule has 0 aromatic carbocycles. The quantitative estimate of drug-likeness (QED) is 0.857. The fraction of sp³-hybridized carbons (Fsp3) is 0.750. The maximum atomic E-state index is 5.45. The minimum absolute atomic E-state index is 0.694. The van der Waals surface area contributed by atoms with E-state index in [-0.39, 0.29) is 0 Å². The van der Waals surface area contributed by atoms with Crippen LogP contribution in [0.25, 0.3) is 0 Å². The monoisotopic (exact) mass is 240 g/mol. The predicted molar refractivity (Wildman–Crippen MR) is 66.7 cm³/mol. The molecule has 1 aromatic heterocycles. The molecule has 1 N–H and O–H groups in total. The van der Waals surface area contributed by atoms with Crippen molar-refractivity contribution in [2.45, 2.75) is 32.7 Å². The van der Waals surface area contributed by atoms with Crippen LogP contribution in [0.5, 0.6) is 0 Å². The lowest BCUT2D eigenvalue weighted by Crippen LogP contribution is -2.28. The largest absolute Gasteiger partial charge is 0.381 e. The van der Waals surface area contributed by atoms with Crippen molar-refractivity contribution in [2.24, 2.45) is 5.92 Å². The van der Waals surface area contributed by atoms with Crippen LogP contribution in [-0.4, -0.2) is 24.7 Å². The Hall–Kier alpha value is -0.450. The molecule has 1 atom stereocenters. The Kier molecular flexibility index (Phi) is 4.75. The molecular formula is C12H20N2OS. The lowest BCUT2D eigenvalue weighted by Gasteiger charge is -2.21. The van der Waals surface area contributed by atoms with E-state index in [0.29, 0.717) is 5.92 Å². The standard InChI is InChI=1S/C12H20N2OS/c1-2-11-7-14-12(16-11)8-13-6-10-4-3-5-15-9-10/h7,10,13H,2-6,8-9H2,1H3. The molecule has 0 spiro atoms. The summed E-state index contributed by atoms with van der Waals surface area (Å²) in [7, 11) is 0. The van der Waals surface area contributed by atoms with Crippen LogP contribution in [0.15, 0.2) is 6.20 Å². The molecule has 1 unspecified atom stereocenters. The second-order valence-corrected chi connectivity index (χ2v) is 5.49. The van der Waals surface area contributed by atoms with Gasteiger partial charge >= 0.3 is 0 Å². The highest BCUT2D eigenvalue weighted by molar-refractivity contribution is 7.11. The zero-order valence-electron chi connectivity index (χ0n) is 9.87. The molecule has 1 aromatic rings. The van der Waals surface area contributed by atoms with Crippen LogP contribution in [-0.2, 0) is 17.7 Å². The van der Waals surface area contributed by atoms with Gasteiger partial charge in [0.05, 0.1) is 6.61 Å². The fourth-order valence-corrected chi connectivity index (χ4v) is 2.78. The highest BCUT2D eigenvalue weighted by Crippen LogP contribution is 2.14. The highest BCUT2D eigenvalue weighted by Gasteiger charge is 2.13. The molecule has 0 radical (unpaired) electrons. The van der Waals surface area contributed by atoms with E-state index in [9.17, 15) is 0 Å². The smallest absolute Gasteiger partial charge is 0.107 e. The van der Waals surface area contributed by atoms with Crippen molar-refractivity contribution in [3.05, 3.63) is 16.1 Å². The van der Waals surface area contributed by atoms with E-state index in [1.165, 1.54) is 22.7 Å². The Morgan fingerprint density at radius 1 is 1.62 bits per heavy atom. The molecule has 3 nitrogen and oxygen atoms in total. The fourth-order valence-electron chi connectivity index (χ4n) is 1.94. The summed E-state index contributed by atoms with van der Waals surface area (Å²) in [5, 5.41) is 4.68. The molecule has 0 aliphatic carbocycles. The zero-order chi connectivity index (χ0) is 11.2. The van der Waals surface area contributed by atoms with E-state index in [1.54, 1.807) is 0 Å². The average Bonchev–Trinajstić information content (AvgIpc) is 2.78. The van der Waals surface area contributed by atoms with Crippen molar-refractivity contribution < 1.29 is 4.74 Å². The van der Waals surface area contributed by atoms with Gasteiger partial charge in [0.25, 0.3) is 0 Å². The number of nitrogens with zero attached hydrogens (tertiary/aromatic N) is 1. The molecule has 4 heteroatoms. The summed E-state index contributed by atoms with van der Waals surface area (Å²) in [4.78, 5) is 5.77. The Bertz CT molecular complexity index is 308. The van der Waals surface area contributed by atoms with E-state index in [1.807, 2.05) is 17.5 Å². The first-order valence-electron chi connectivity index (χ1n) is 6.10. The van der Waals surface area contributed by atoms with Crippen LogP contribution in [0.4, 0.5) is 0 Å². The van der Waals surface area contributed by atoms with E-state index in [0.717, 1.165) is 32.7 Å². The van der Waals surface area contributed by atoms with Gasteiger partial charge in [0.2, 0.25) is 0 Å². The molecule has 16 heavy (non-hydrogen) atoms. The average molecular weight is 240 g/mol. The van der Waals surface area contributed by atoms with Gasteiger partial charge in [-0.05, 0) is 25.2 Å². The third kappa shape index (κ3) is 3.54. The highest BCUT2D eigenvalue weighted by atomic mass is 32.1. The second-order valence-electron chi connectivity index (χ2n) is 4.29. The molecule has 2 heterocycles. The van der Waals surface area contributed by atoms with Gasteiger partial charge in [-0.1, -0.05) is 6.92 Å². The van der Waals surface area contributed by atoms with Crippen LogP contribution >= 0.6 is 11.3 Å². The predicted octanol–water partition coefficient (Wildman–Crippen LogP) is 2.22. The molecule has 0 bridgehead atoms. The van der Waals surface area contributed by atoms with Gasteiger partial charge < -0.3 is 10.1 Å². The summed E-state index contributed by atoms with van der Waals surface area (Å²) in [6.07, 6.45) is 5.59. The maximum Gasteiger partial charge on any atom is 0.107 e. The van der Waals surface area contributed by atoms with Gasteiger partial charge in [0.1, 0.15) is 5.01 Å². The van der Waals surface area contributed by atoms with Crippen LogP contribution in [0.1, 0.15) is 29.7 Å². The van der Waals surface area contributed by atoms with Crippen molar-refractivity contribution in [3.63, 3.8) is 0 Å². The zero-order valence-corrected chi connectivity index (χ0v) is 10.7. The number of hydrogen-bond acceptors (Lipinski definition) is 4. The summed E-state index contributed by atoms with van der Waals surface area (Å²) < 4.78 is 5.45. The normalized spacial score (nSPS) is 21.2. The summed E-state index contributed by atoms with van der Waals surface area (Å²) >= 11 is 1.81.